The number of hydrogen-bond acceptors (Lipinski definition) is 2. The molecule has 0 aliphatic rings. The number of carbonyl (C=O) groups is 1. The van der Waals surface area contributed by atoms with Crippen LogP contribution in [-0.2, 0) is 4.79 Å². The second kappa shape index (κ2) is 6.27. The second-order valence-corrected chi connectivity index (χ2v) is 6.70. The van der Waals surface area contributed by atoms with Crippen molar-refractivity contribution in [2.24, 2.45) is 11.1 Å². The molecule has 2 rings (SSSR count). The summed E-state index contributed by atoms with van der Waals surface area (Å²) >= 11 is 0. The highest BCUT2D eigenvalue weighted by Crippen LogP contribution is 2.22. The number of fused-ring (bicyclic) bond motifs is 1. The molecule has 0 aliphatic heterocycles. The van der Waals surface area contributed by atoms with Crippen molar-refractivity contribution in [3.05, 3.63) is 48.0 Å². The number of carbonyl (C=O) groups excluding carboxylic acids is 1. The Hall–Kier alpha value is -1.87. The molecule has 0 saturated carbocycles. The van der Waals surface area contributed by atoms with Gasteiger partial charge in [0, 0.05) is 13.0 Å². The van der Waals surface area contributed by atoms with Gasteiger partial charge in [0.05, 0.1) is 6.04 Å². The smallest absolute Gasteiger partial charge is 0.221 e. The minimum Gasteiger partial charge on any atom is -0.348 e. The van der Waals surface area contributed by atoms with E-state index in [1.165, 1.54) is 10.8 Å². The summed E-state index contributed by atoms with van der Waals surface area (Å²) in [4.78, 5) is 12.1. The van der Waals surface area contributed by atoms with Crippen LogP contribution in [0.3, 0.4) is 0 Å². The molecule has 1 atom stereocenters. The summed E-state index contributed by atoms with van der Waals surface area (Å²) in [6, 6.07) is 14.3. The maximum Gasteiger partial charge on any atom is 0.221 e. The van der Waals surface area contributed by atoms with E-state index in [9.17, 15) is 4.79 Å². The Balaban J connectivity index is 2.17. The maximum absolute atomic E-state index is 12.1. The molecular weight excluding hydrogens is 260 g/mol. The summed E-state index contributed by atoms with van der Waals surface area (Å²) in [6.45, 7) is 6.56. The van der Waals surface area contributed by atoms with Crippen LogP contribution in [-0.4, -0.2) is 12.5 Å². The molecule has 3 heteroatoms. The zero-order chi connectivity index (χ0) is 15.5. The Kier molecular flexibility index (Phi) is 4.63. The lowest BCUT2D eigenvalue weighted by atomic mass is 9.91. The Bertz CT molecular complexity index is 628. The molecule has 0 heterocycles. The quantitative estimate of drug-likeness (QED) is 0.904. The Morgan fingerprint density at radius 3 is 2.43 bits per heavy atom. The van der Waals surface area contributed by atoms with Gasteiger partial charge in [0.25, 0.3) is 0 Å². The van der Waals surface area contributed by atoms with Crippen LogP contribution in [0.15, 0.2) is 42.5 Å². The molecule has 0 fully saturated rings. The van der Waals surface area contributed by atoms with Gasteiger partial charge in [-0.2, -0.15) is 0 Å². The first-order valence-corrected chi connectivity index (χ1v) is 7.37. The van der Waals surface area contributed by atoms with Crippen LogP contribution in [0.4, 0.5) is 0 Å². The number of nitrogens with two attached hydrogens (primary N) is 1. The highest BCUT2D eigenvalue weighted by atomic mass is 16.1. The number of benzene rings is 2. The summed E-state index contributed by atoms with van der Waals surface area (Å²) in [7, 11) is 0. The Morgan fingerprint density at radius 2 is 1.81 bits per heavy atom. The second-order valence-electron chi connectivity index (χ2n) is 6.70. The number of amides is 1. The number of hydrogen-bond donors (Lipinski definition) is 2. The molecule has 0 aliphatic carbocycles. The predicted molar refractivity (Wildman–Crippen MR) is 88.0 cm³/mol. The molecule has 1 amide bonds. The van der Waals surface area contributed by atoms with E-state index < -0.39 is 0 Å². The third kappa shape index (κ3) is 4.30. The van der Waals surface area contributed by atoms with Gasteiger partial charge in [-0.15, -0.1) is 0 Å². The van der Waals surface area contributed by atoms with Crippen molar-refractivity contribution in [1.82, 2.24) is 5.32 Å². The zero-order valence-electron chi connectivity index (χ0n) is 13.0. The highest BCUT2D eigenvalue weighted by molar-refractivity contribution is 5.83. The van der Waals surface area contributed by atoms with Crippen LogP contribution in [0.2, 0.25) is 0 Å². The van der Waals surface area contributed by atoms with Crippen molar-refractivity contribution in [1.29, 1.82) is 0 Å². The van der Waals surface area contributed by atoms with Crippen LogP contribution in [0.1, 0.15) is 38.8 Å². The normalized spacial score (nSPS) is 13.1. The fourth-order valence-electron chi connectivity index (χ4n) is 2.43. The summed E-state index contributed by atoms with van der Waals surface area (Å²) in [5.41, 5.74) is 6.88. The van der Waals surface area contributed by atoms with Crippen LogP contribution in [0.5, 0.6) is 0 Å². The first-order chi connectivity index (χ1) is 9.89. The first-order valence-electron chi connectivity index (χ1n) is 7.37. The third-order valence-corrected chi connectivity index (χ3v) is 3.44. The molecule has 0 radical (unpaired) electrons. The standard InChI is InChI=1S/C18H24N2O/c1-18(2,3)11-17(21)20-16(12-19)15-9-8-13-6-4-5-7-14(13)10-15/h4-10,16H,11-12,19H2,1-3H3,(H,20,21). The van der Waals surface area contributed by atoms with E-state index in [0.29, 0.717) is 13.0 Å². The van der Waals surface area contributed by atoms with Gasteiger partial charge < -0.3 is 11.1 Å². The third-order valence-electron chi connectivity index (χ3n) is 3.44. The lowest BCUT2D eigenvalue weighted by Gasteiger charge is -2.22. The monoisotopic (exact) mass is 284 g/mol. The molecule has 1 unspecified atom stereocenters. The van der Waals surface area contributed by atoms with Gasteiger partial charge in [-0.1, -0.05) is 57.2 Å². The van der Waals surface area contributed by atoms with Crippen LogP contribution < -0.4 is 11.1 Å². The zero-order valence-corrected chi connectivity index (χ0v) is 13.0. The van der Waals surface area contributed by atoms with Gasteiger partial charge >= 0.3 is 0 Å². The van der Waals surface area contributed by atoms with E-state index in [-0.39, 0.29) is 17.4 Å². The molecule has 0 aromatic heterocycles. The van der Waals surface area contributed by atoms with E-state index in [2.05, 4.69) is 50.4 Å². The van der Waals surface area contributed by atoms with Crippen molar-refractivity contribution in [2.75, 3.05) is 6.54 Å². The van der Waals surface area contributed by atoms with Crippen molar-refractivity contribution in [3.63, 3.8) is 0 Å². The van der Waals surface area contributed by atoms with Gasteiger partial charge in [0.1, 0.15) is 0 Å². The molecule has 0 saturated heterocycles. The lowest BCUT2D eigenvalue weighted by molar-refractivity contribution is -0.123. The molecule has 0 bridgehead atoms. The summed E-state index contributed by atoms with van der Waals surface area (Å²) < 4.78 is 0. The average molecular weight is 284 g/mol. The summed E-state index contributed by atoms with van der Waals surface area (Å²) in [5, 5.41) is 5.40. The van der Waals surface area contributed by atoms with Gasteiger partial charge in [-0.3, -0.25) is 4.79 Å². The SMILES string of the molecule is CC(C)(C)CC(=O)NC(CN)c1ccc2ccccc2c1. The molecule has 0 spiro atoms. The number of nitrogens with one attached hydrogen (secondary N) is 1. The minimum atomic E-state index is -0.135. The van der Waals surface area contributed by atoms with Crippen LogP contribution in [0, 0.1) is 5.41 Å². The largest absolute Gasteiger partial charge is 0.348 e. The molecule has 3 N–H and O–H groups in total. The van der Waals surface area contributed by atoms with E-state index in [1.54, 1.807) is 0 Å². The van der Waals surface area contributed by atoms with Gasteiger partial charge in [-0.25, -0.2) is 0 Å². The van der Waals surface area contributed by atoms with Gasteiger partial charge in [0.2, 0.25) is 5.91 Å². The fourth-order valence-corrected chi connectivity index (χ4v) is 2.43. The van der Waals surface area contributed by atoms with Crippen molar-refractivity contribution >= 4 is 16.7 Å². The highest BCUT2D eigenvalue weighted by Gasteiger charge is 2.19. The summed E-state index contributed by atoms with van der Waals surface area (Å²) in [6.07, 6.45) is 0.497. The first kappa shape index (κ1) is 15.5. The topological polar surface area (TPSA) is 55.1 Å². The van der Waals surface area contributed by atoms with E-state index >= 15 is 0 Å². The maximum atomic E-state index is 12.1. The number of rotatable bonds is 4. The Morgan fingerprint density at radius 1 is 1.14 bits per heavy atom. The summed E-state index contributed by atoms with van der Waals surface area (Å²) in [5.74, 6) is 0.0473. The Labute approximate surface area is 126 Å². The molecule has 112 valence electrons. The molecule has 2 aromatic carbocycles. The van der Waals surface area contributed by atoms with E-state index in [1.807, 2.05) is 18.2 Å². The minimum absolute atomic E-state index is 0.0212. The van der Waals surface area contributed by atoms with E-state index in [4.69, 9.17) is 5.73 Å². The van der Waals surface area contributed by atoms with Crippen molar-refractivity contribution < 1.29 is 4.79 Å². The van der Waals surface area contributed by atoms with Gasteiger partial charge in [-0.05, 0) is 27.8 Å². The molecular formula is C18H24N2O. The van der Waals surface area contributed by atoms with Gasteiger partial charge in [0.15, 0.2) is 0 Å². The van der Waals surface area contributed by atoms with Crippen LogP contribution in [0.25, 0.3) is 10.8 Å². The van der Waals surface area contributed by atoms with Crippen molar-refractivity contribution in [3.8, 4) is 0 Å². The van der Waals surface area contributed by atoms with E-state index in [0.717, 1.165) is 5.56 Å². The predicted octanol–water partition coefficient (Wildman–Crippen LogP) is 3.39. The fraction of sp³-hybridized carbons (Fsp3) is 0.389. The molecule has 2 aromatic rings. The van der Waals surface area contributed by atoms with Crippen molar-refractivity contribution in [2.45, 2.75) is 33.2 Å². The molecule has 21 heavy (non-hydrogen) atoms. The van der Waals surface area contributed by atoms with Crippen LogP contribution >= 0.6 is 0 Å². The molecule has 3 nitrogen and oxygen atoms in total. The average Bonchev–Trinajstić information content (AvgIpc) is 2.42. The lowest BCUT2D eigenvalue weighted by Crippen LogP contribution is -2.35.